The second kappa shape index (κ2) is 46.5. The molecule has 0 aliphatic carbocycles. The number of nitrogens with one attached hydrogen (secondary N) is 2. The molecule has 1 aromatic carbocycles. The highest BCUT2D eigenvalue weighted by atomic mass is 16.7. The normalized spacial score (nSPS) is 17.8. The van der Waals surface area contributed by atoms with E-state index in [4.69, 9.17) is 23.7 Å². The van der Waals surface area contributed by atoms with Gasteiger partial charge < -0.3 is 39.4 Å². The van der Waals surface area contributed by atoms with Crippen molar-refractivity contribution in [3.05, 3.63) is 35.9 Å². The number of benzene rings is 1. The van der Waals surface area contributed by atoms with Crippen LogP contribution in [0.25, 0.3) is 0 Å². The minimum Gasteiger partial charge on any atom is -0.461 e. The summed E-state index contributed by atoms with van der Waals surface area (Å²) in [6.07, 6.45) is 33.0. The van der Waals surface area contributed by atoms with Crippen molar-refractivity contribution in [2.75, 3.05) is 13.2 Å². The Morgan fingerprint density at radius 3 is 1.44 bits per heavy atom. The van der Waals surface area contributed by atoms with E-state index in [2.05, 4.69) is 31.4 Å². The molecule has 0 saturated carbocycles. The van der Waals surface area contributed by atoms with E-state index in [9.17, 15) is 29.1 Å². The van der Waals surface area contributed by atoms with Gasteiger partial charge >= 0.3 is 17.9 Å². The van der Waals surface area contributed by atoms with E-state index in [0.29, 0.717) is 19.3 Å². The highest BCUT2D eigenvalue weighted by Gasteiger charge is 2.49. The maximum Gasteiger partial charge on any atom is 0.328 e. The Labute approximate surface area is 455 Å². The summed E-state index contributed by atoms with van der Waals surface area (Å²) in [6.45, 7) is 8.25. The van der Waals surface area contributed by atoms with E-state index in [1.807, 2.05) is 30.3 Å². The number of amides is 2. The van der Waals surface area contributed by atoms with Crippen molar-refractivity contribution in [2.24, 2.45) is 0 Å². The molecule has 6 atom stereocenters. The van der Waals surface area contributed by atoms with Gasteiger partial charge in [-0.2, -0.15) is 0 Å². The van der Waals surface area contributed by atoms with Gasteiger partial charge in [-0.3, -0.25) is 19.2 Å². The third kappa shape index (κ3) is 34.8. The fourth-order valence-electron chi connectivity index (χ4n) is 9.81. The second-order valence-electron chi connectivity index (χ2n) is 21.3. The molecular weight excluding hydrogens is 949 g/mol. The lowest BCUT2D eigenvalue weighted by atomic mass is 9.96. The summed E-state index contributed by atoms with van der Waals surface area (Å²) in [6, 6.07) is 7.07. The van der Waals surface area contributed by atoms with Crippen LogP contribution in [-0.4, -0.2) is 84.7 Å². The van der Waals surface area contributed by atoms with Crippen LogP contribution >= 0.6 is 0 Å². The van der Waals surface area contributed by atoms with Gasteiger partial charge in [-0.25, -0.2) is 4.79 Å². The Balaban J connectivity index is 2.09. The maximum absolute atomic E-state index is 13.9. The minimum absolute atomic E-state index is 0.0708. The van der Waals surface area contributed by atoms with Crippen molar-refractivity contribution in [3.63, 3.8) is 0 Å². The van der Waals surface area contributed by atoms with E-state index in [-0.39, 0.29) is 57.1 Å². The Morgan fingerprint density at radius 2 is 0.973 bits per heavy atom. The van der Waals surface area contributed by atoms with Crippen molar-refractivity contribution < 1.29 is 52.8 Å². The predicted molar refractivity (Wildman–Crippen MR) is 300 cm³/mol. The number of esters is 3. The van der Waals surface area contributed by atoms with Gasteiger partial charge in [0.05, 0.1) is 0 Å². The first kappa shape index (κ1) is 67.6. The number of aliphatic hydroxyl groups excluding tert-OH is 1. The summed E-state index contributed by atoms with van der Waals surface area (Å²) in [5.74, 6) is -2.44. The molecule has 0 unspecified atom stereocenters. The molecule has 432 valence electrons. The SMILES string of the molecule is CCCCCCCCCCCCCC(=O)N[C@H]1[C@@H](OCC)O[C@H](COC(=O)[C@@H](CCC(=O)OCc2ccccc2)NC(=O)CCCCCCCCCCCCC)[C@@H](O)[C@@H]1OC(=O)CCCCCCCCCCCCC. The van der Waals surface area contributed by atoms with Crippen molar-refractivity contribution in [1.82, 2.24) is 10.6 Å². The zero-order valence-corrected chi connectivity index (χ0v) is 47.9. The third-order valence-corrected chi connectivity index (χ3v) is 14.5. The first-order valence-corrected chi connectivity index (χ1v) is 30.7. The monoisotopic (exact) mass is 1060 g/mol. The van der Waals surface area contributed by atoms with Crippen LogP contribution in [0.5, 0.6) is 0 Å². The molecule has 0 spiro atoms. The molecular formula is C62H108N2O11. The molecule has 13 nitrogen and oxygen atoms in total. The Kier molecular flexibility index (Phi) is 41.9. The smallest absolute Gasteiger partial charge is 0.328 e. The van der Waals surface area contributed by atoms with E-state index in [0.717, 1.165) is 63.4 Å². The van der Waals surface area contributed by atoms with Crippen molar-refractivity contribution in [3.8, 4) is 0 Å². The number of carbonyl (C=O) groups is 5. The van der Waals surface area contributed by atoms with E-state index in [1.165, 1.54) is 135 Å². The largest absolute Gasteiger partial charge is 0.461 e. The van der Waals surface area contributed by atoms with Gasteiger partial charge in [-0.15, -0.1) is 0 Å². The molecule has 75 heavy (non-hydrogen) atoms. The Bertz CT molecular complexity index is 1580. The molecule has 0 aromatic heterocycles. The van der Waals surface area contributed by atoms with Gasteiger partial charge in [0.2, 0.25) is 11.8 Å². The van der Waals surface area contributed by atoms with Crippen molar-refractivity contribution in [2.45, 2.75) is 315 Å². The number of rotatable bonds is 49. The molecule has 2 rings (SSSR count). The molecule has 2 amide bonds. The molecule has 1 aliphatic heterocycles. The molecule has 1 heterocycles. The van der Waals surface area contributed by atoms with Gasteiger partial charge in [0.1, 0.15) is 37.5 Å². The molecule has 1 aliphatic rings. The summed E-state index contributed by atoms with van der Waals surface area (Å²) in [4.78, 5) is 67.1. The van der Waals surface area contributed by atoms with Crippen LogP contribution in [0.2, 0.25) is 0 Å². The molecule has 0 radical (unpaired) electrons. The van der Waals surface area contributed by atoms with E-state index >= 15 is 0 Å². The molecule has 0 bridgehead atoms. The average molecular weight is 1060 g/mol. The average Bonchev–Trinajstić information content (AvgIpc) is 3.40. The summed E-state index contributed by atoms with van der Waals surface area (Å²) in [7, 11) is 0. The van der Waals surface area contributed by atoms with Gasteiger partial charge in [0, 0.05) is 32.3 Å². The third-order valence-electron chi connectivity index (χ3n) is 14.5. The lowest BCUT2D eigenvalue weighted by molar-refractivity contribution is -0.274. The zero-order valence-electron chi connectivity index (χ0n) is 47.9. The number of hydrogen-bond acceptors (Lipinski definition) is 11. The fraction of sp³-hybridized carbons (Fsp3) is 0.823. The van der Waals surface area contributed by atoms with Gasteiger partial charge in [0.15, 0.2) is 12.4 Å². The highest BCUT2D eigenvalue weighted by molar-refractivity contribution is 5.85. The van der Waals surface area contributed by atoms with Crippen LogP contribution in [-0.2, 0) is 54.3 Å². The number of aliphatic hydroxyl groups is 1. The molecule has 1 fully saturated rings. The highest BCUT2D eigenvalue weighted by Crippen LogP contribution is 2.27. The topological polar surface area (TPSA) is 176 Å². The quantitative estimate of drug-likeness (QED) is 0.0322. The fourth-order valence-corrected chi connectivity index (χ4v) is 9.81. The number of unbranched alkanes of at least 4 members (excludes halogenated alkanes) is 30. The van der Waals surface area contributed by atoms with Gasteiger partial charge in [-0.05, 0) is 38.2 Å². The van der Waals surface area contributed by atoms with Crippen LogP contribution in [0.15, 0.2) is 30.3 Å². The Morgan fingerprint density at radius 1 is 0.533 bits per heavy atom. The predicted octanol–water partition coefficient (Wildman–Crippen LogP) is 14.2. The van der Waals surface area contributed by atoms with Crippen LogP contribution in [0.4, 0.5) is 0 Å². The summed E-state index contributed by atoms with van der Waals surface area (Å²) in [5, 5.41) is 17.7. The van der Waals surface area contributed by atoms with E-state index < -0.39 is 61.2 Å². The Hall–Kier alpha value is -3.55. The summed E-state index contributed by atoms with van der Waals surface area (Å²) < 4.78 is 29.5. The maximum atomic E-state index is 13.9. The lowest BCUT2D eigenvalue weighted by Crippen LogP contribution is -2.66. The van der Waals surface area contributed by atoms with Crippen molar-refractivity contribution in [1.29, 1.82) is 0 Å². The van der Waals surface area contributed by atoms with Gasteiger partial charge in [0.25, 0.3) is 0 Å². The molecule has 1 aromatic rings. The number of ether oxygens (including phenoxy) is 5. The first-order chi connectivity index (χ1) is 36.6. The van der Waals surface area contributed by atoms with Crippen LogP contribution in [0, 0.1) is 0 Å². The first-order valence-electron chi connectivity index (χ1n) is 30.7. The second-order valence-corrected chi connectivity index (χ2v) is 21.3. The van der Waals surface area contributed by atoms with Crippen LogP contribution in [0.1, 0.15) is 277 Å². The summed E-state index contributed by atoms with van der Waals surface area (Å²) >= 11 is 0. The summed E-state index contributed by atoms with van der Waals surface area (Å²) in [5.41, 5.74) is 0.822. The number of carbonyl (C=O) groups excluding carboxylic acids is 5. The zero-order chi connectivity index (χ0) is 54.4. The molecule has 3 N–H and O–H groups in total. The standard InChI is InChI=1S/C62H108N2O11/c1-5-9-12-15-18-21-24-27-30-33-39-44-54(65)63-52(47-48-56(67)72-49-51-42-37-36-38-43-51)61(70)73-50-53-59(69)60(75-57(68)46-41-35-32-29-26-23-20-17-14-11-7-3)58(62(74-53)71-8-4)64-55(66)45-40-34-31-28-25-22-19-16-13-10-6-2/h36-38,42-43,52-53,58-60,62,69H,5-35,39-41,44-50H2,1-4H3,(H,63,65)(H,64,66)/t52-,53-,58-,59-,60-,62+/m1/s1. The van der Waals surface area contributed by atoms with Crippen molar-refractivity contribution >= 4 is 29.7 Å². The van der Waals surface area contributed by atoms with Gasteiger partial charge in [-0.1, -0.05) is 244 Å². The van der Waals surface area contributed by atoms with Crippen LogP contribution in [0.3, 0.4) is 0 Å². The minimum atomic E-state index is -1.51. The number of hydrogen-bond donors (Lipinski definition) is 3. The molecule has 13 heteroatoms. The van der Waals surface area contributed by atoms with E-state index in [1.54, 1.807) is 6.92 Å². The lowest BCUT2D eigenvalue weighted by Gasteiger charge is -2.44. The molecule has 1 saturated heterocycles. The van der Waals surface area contributed by atoms with Crippen LogP contribution < -0.4 is 10.6 Å².